The quantitative estimate of drug-likeness (QED) is 0.408. The molecule has 0 aliphatic carbocycles. The van der Waals surface area contributed by atoms with Crippen molar-refractivity contribution in [1.82, 2.24) is 5.43 Å². The van der Waals surface area contributed by atoms with E-state index in [-0.39, 0.29) is 6.04 Å². The third-order valence-corrected chi connectivity index (χ3v) is 4.94. The molecule has 0 saturated heterocycles. The molecule has 3 rings (SSSR count). The van der Waals surface area contributed by atoms with Crippen LogP contribution in [0, 0.1) is 9.81 Å². The lowest BCUT2D eigenvalue weighted by atomic mass is 10.1. The van der Waals surface area contributed by atoms with Gasteiger partial charge in [-0.2, -0.15) is 0 Å². The fourth-order valence-electron chi connectivity index (χ4n) is 2.19. The fourth-order valence-corrected chi connectivity index (χ4v) is 3.59. The van der Waals surface area contributed by atoms with Gasteiger partial charge < -0.3 is 4.42 Å². The minimum absolute atomic E-state index is 0.105. The van der Waals surface area contributed by atoms with Gasteiger partial charge in [0.1, 0.15) is 17.4 Å². The molecule has 0 radical (unpaired) electrons. The summed E-state index contributed by atoms with van der Waals surface area (Å²) in [6.45, 7) is 2.05. The Hall–Kier alpha value is -0.890. The highest BCUT2D eigenvalue weighted by atomic mass is 127. The van der Waals surface area contributed by atoms with Gasteiger partial charge in [-0.05, 0) is 58.2 Å². The number of aryl methyl sites for hydroxylation is 1. The van der Waals surface area contributed by atoms with Gasteiger partial charge in [0.2, 0.25) is 0 Å². The van der Waals surface area contributed by atoms with Gasteiger partial charge in [0.15, 0.2) is 0 Å². The van der Waals surface area contributed by atoms with Crippen molar-refractivity contribution in [2.75, 3.05) is 0 Å². The third kappa shape index (κ3) is 2.43. The van der Waals surface area contributed by atoms with E-state index in [9.17, 15) is 0 Å². The summed E-state index contributed by atoms with van der Waals surface area (Å²) in [4.78, 5) is 0. The summed E-state index contributed by atoms with van der Waals surface area (Å²) in [5.74, 6) is 6.55. The lowest BCUT2D eigenvalue weighted by molar-refractivity contribution is 0.477. The second-order valence-corrected chi connectivity index (χ2v) is 7.23. The molecule has 0 aliphatic heterocycles. The zero-order valence-electron chi connectivity index (χ0n) is 10.3. The molecule has 2 heterocycles. The molecule has 0 saturated carbocycles. The van der Waals surface area contributed by atoms with Crippen LogP contribution < -0.4 is 11.3 Å². The van der Waals surface area contributed by atoms with Gasteiger partial charge in [0.05, 0.1) is 2.88 Å². The van der Waals surface area contributed by atoms with Crippen LogP contribution in [0.4, 0.5) is 0 Å². The topological polar surface area (TPSA) is 51.2 Å². The summed E-state index contributed by atoms with van der Waals surface area (Å²) in [6.07, 6.45) is 0. The SMILES string of the molecule is Cc1cccc2cc(C(NN)c3csc(I)c3)oc12. The highest BCUT2D eigenvalue weighted by Gasteiger charge is 2.18. The van der Waals surface area contributed by atoms with Gasteiger partial charge in [-0.15, -0.1) is 11.3 Å². The van der Waals surface area contributed by atoms with Crippen molar-refractivity contribution >= 4 is 44.9 Å². The van der Waals surface area contributed by atoms with E-state index < -0.39 is 0 Å². The fraction of sp³-hybridized carbons (Fsp3) is 0.143. The molecule has 0 spiro atoms. The Bertz CT molecular complexity index is 719. The summed E-state index contributed by atoms with van der Waals surface area (Å²) in [5.41, 5.74) is 6.04. The van der Waals surface area contributed by atoms with Crippen molar-refractivity contribution < 1.29 is 4.42 Å². The minimum Gasteiger partial charge on any atom is -0.459 e. The second-order valence-electron chi connectivity index (χ2n) is 4.43. The predicted molar refractivity (Wildman–Crippen MR) is 87.2 cm³/mol. The van der Waals surface area contributed by atoms with Crippen LogP contribution >= 0.6 is 33.9 Å². The number of thiophene rings is 1. The molecule has 2 aromatic heterocycles. The second kappa shape index (κ2) is 5.24. The van der Waals surface area contributed by atoms with Gasteiger partial charge in [0.25, 0.3) is 0 Å². The first kappa shape index (κ1) is 13.1. The molecule has 1 aromatic carbocycles. The minimum atomic E-state index is -0.105. The summed E-state index contributed by atoms with van der Waals surface area (Å²) >= 11 is 4.01. The zero-order chi connectivity index (χ0) is 13.4. The van der Waals surface area contributed by atoms with Crippen LogP contribution in [-0.2, 0) is 0 Å². The number of para-hydroxylation sites is 1. The van der Waals surface area contributed by atoms with Crippen molar-refractivity contribution in [2.45, 2.75) is 13.0 Å². The van der Waals surface area contributed by atoms with Crippen LogP contribution in [0.25, 0.3) is 11.0 Å². The van der Waals surface area contributed by atoms with Crippen LogP contribution in [0.15, 0.2) is 40.1 Å². The molecule has 3 N–H and O–H groups in total. The van der Waals surface area contributed by atoms with Crippen molar-refractivity contribution in [1.29, 1.82) is 0 Å². The Balaban J connectivity index is 2.09. The number of hydrogen-bond acceptors (Lipinski definition) is 4. The average Bonchev–Trinajstić information content (AvgIpc) is 2.98. The van der Waals surface area contributed by atoms with E-state index in [0.29, 0.717) is 0 Å². The Morgan fingerprint density at radius 3 is 2.84 bits per heavy atom. The Morgan fingerprint density at radius 2 is 2.21 bits per heavy atom. The molecule has 1 atom stereocenters. The molecule has 0 aliphatic rings. The molecule has 5 heteroatoms. The lowest BCUT2D eigenvalue weighted by Gasteiger charge is -2.11. The molecule has 0 fully saturated rings. The van der Waals surface area contributed by atoms with Crippen LogP contribution in [0.5, 0.6) is 0 Å². The largest absolute Gasteiger partial charge is 0.459 e. The summed E-state index contributed by atoms with van der Waals surface area (Å²) < 4.78 is 7.21. The van der Waals surface area contributed by atoms with Gasteiger partial charge in [0, 0.05) is 5.39 Å². The number of fused-ring (bicyclic) bond motifs is 1. The highest BCUT2D eigenvalue weighted by Crippen LogP contribution is 2.31. The van der Waals surface area contributed by atoms with Crippen molar-refractivity contribution in [3.05, 3.63) is 55.5 Å². The van der Waals surface area contributed by atoms with E-state index in [1.165, 1.54) is 2.88 Å². The number of nitrogens with two attached hydrogens (primary N) is 1. The van der Waals surface area contributed by atoms with E-state index in [1.54, 1.807) is 11.3 Å². The van der Waals surface area contributed by atoms with Crippen molar-refractivity contribution in [2.24, 2.45) is 5.84 Å². The number of benzene rings is 1. The van der Waals surface area contributed by atoms with Gasteiger partial charge >= 0.3 is 0 Å². The molecule has 0 bridgehead atoms. The lowest BCUT2D eigenvalue weighted by Crippen LogP contribution is -2.28. The van der Waals surface area contributed by atoms with E-state index in [4.69, 9.17) is 10.3 Å². The standard InChI is InChI=1S/C14H13IN2OS/c1-8-3-2-4-9-5-11(18-14(8)9)13(17-16)10-6-12(15)19-7-10/h2-7,13,17H,16H2,1H3. The van der Waals surface area contributed by atoms with Gasteiger partial charge in [-0.3, -0.25) is 5.84 Å². The van der Waals surface area contributed by atoms with Gasteiger partial charge in [-0.25, -0.2) is 5.43 Å². The third-order valence-electron chi connectivity index (χ3n) is 3.13. The highest BCUT2D eigenvalue weighted by molar-refractivity contribution is 14.1. The summed E-state index contributed by atoms with van der Waals surface area (Å²) in [6, 6.07) is 10.2. The van der Waals surface area contributed by atoms with E-state index >= 15 is 0 Å². The Morgan fingerprint density at radius 1 is 1.37 bits per heavy atom. The summed E-state index contributed by atoms with van der Waals surface area (Å²) in [7, 11) is 0. The number of nitrogens with one attached hydrogen (secondary N) is 1. The molecular formula is C14H13IN2OS. The maximum atomic E-state index is 5.98. The summed E-state index contributed by atoms with van der Waals surface area (Å²) in [5, 5.41) is 3.21. The first-order chi connectivity index (χ1) is 9.19. The predicted octanol–water partition coefficient (Wildman–Crippen LogP) is 3.96. The first-order valence-electron chi connectivity index (χ1n) is 5.88. The molecule has 3 nitrogen and oxygen atoms in total. The molecular weight excluding hydrogens is 371 g/mol. The Kier molecular flexibility index (Phi) is 3.62. The van der Waals surface area contributed by atoms with E-state index in [0.717, 1.165) is 27.9 Å². The van der Waals surface area contributed by atoms with Crippen molar-refractivity contribution in [3.63, 3.8) is 0 Å². The van der Waals surface area contributed by atoms with Crippen LogP contribution in [0.2, 0.25) is 0 Å². The van der Waals surface area contributed by atoms with Crippen LogP contribution in [-0.4, -0.2) is 0 Å². The van der Waals surface area contributed by atoms with Crippen LogP contribution in [0.3, 0.4) is 0 Å². The number of halogens is 1. The molecule has 3 aromatic rings. The van der Waals surface area contributed by atoms with Crippen molar-refractivity contribution in [3.8, 4) is 0 Å². The molecule has 19 heavy (non-hydrogen) atoms. The van der Waals surface area contributed by atoms with E-state index in [1.807, 2.05) is 19.1 Å². The maximum absolute atomic E-state index is 5.98. The molecule has 1 unspecified atom stereocenters. The maximum Gasteiger partial charge on any atom is 0.137 e. The normalized spacial score (nSPS) is 13.0. The first-order valence-corrected chi connectivity index (χ1v) is 7.84. The Labute approximate surface area is 128 Å². The number of rotatable bonds is 3. The van der Waals surface area contributed by atoms with Gasteiger partial charge in [-0.1, -0.05) is 18.2 Å². The number of furan rings is 1. The number of hydrazine groups is 1. The monoisotopic (exact) mass is 384 g/mol. The zero-order valence-corrected chi connectivity index (χ0v) is 13.3. The average molecular weight is 384 g/mol. The van der Waals surface area contributed by atoms with Crippen LogP contribution in [0.1, 0.15) is 22.9 Å². The van der Waals surface area contributed by atoms with E-state index in [2.05, 4.69) is 51.6 Å². The molecule has 0 amide bonds. The smallest absolute Gasteiger partial charge is 0.137 e. The molecule has 98 valence electrons. The number of hydrogen-bond donors (Lipinski definition) is 2.